The van der Waals surface area contributed by atoms with Crippen LogP contribution in [0.4, 0.5) is 0 Å². The van der Waals surface area contributed by atoms with Gasteiger partial charge in [0.2, 0.25) is 0 Å². The van der Waals surface area contributed by atoms with Crippen molar-refractivity contribution in [1.29, 1.82) is 0 Å². The van der Waals surface area contributed by atoms with E-state index < -0.39 is 5.97 Å². The second-order valence-electron chi connectivity index (χ2n) is 3.39. The molecule has 1 radical (unpaired) electrons. The molecule has 99 valence electrons. The van der Waals surface area contributed by atoms with Crippen LogP contribution in [0.1, 0.15) is 37.2 Å². The molecule has 1 heterocycles. The molecule has 0 amide bonds. The van der Waals surface area contributed by atoms with E-state index in [0.29, 0.717) is 26.0 Å². The molecule has 0 bridgehead atoms. The minimum Gasteiger partial charge on any atom is -0.466 e. The van der Waals surface area contributed by atoms with E-state index in [1.165, 1.54) is 4.80 Å². The molecule has 1 aromatic rings. The second-order valence-corrected chi connectivity index (χ2v) is 3.39. The van der Waals surface area contributed by atoms with Crippen LogP contribution in [0.3, 0.4) is 0 Å². The largest absolute Gasteiger partial charge is 0.466 e. The number of nitrogens with zero attached hydrogens (tertiary/aromatic N) is 3. The number of carbonyl (C=O) groups is 2. The van der Waals surface area contributed by atoms with E-state index >= 15 is 0 Å². The van der Waals surface area contributed by atoms with E-state index in [1.54, 1.807) is 13.8 Å². The zero-order valence-corrected chi connectivity index (χ0v) is 10.5. The van der Waals surface area contributed by atoms with E-state index in [1.807, 2.05) is 0 Å². The summed E-state index contributed by atoms with van der Waals surface area (Å²) in [6, 6.07) is 0. The minimum absolute atomic E-state index is 0.0491. The summed E-state index contributed by atoms with van der Waals surface area (Å²) < 4.78 is 9.54. The fraction of sp³-hybridized carbons (Fsp3) is 0.636. The molecule has 0 unspecified atom stereocenters. The highest BCUT2D eigenvalue weighted by molar-refractivity contribution is 5.86. The number of hydrogen-bond acceptors (Lipinski definition) is 6. The van der Waals surface area contributed by atoms with E-state index in [4.69, 9.17) is 9.47 Å². The molecule has 0 atom stereocenters. The molecule has 0 aromatic carbocycles. The zero-order chi connectivity index (χ0) is 13.4. The summed E-state index contributed by atoms with van der Waals surface area (Å²) in [6.07, 6.45) is 3.31. The standard InChI is InChI=1S/C11H16N3O4/c1-3-17-10(15)6-5-7-14-12-8-9(13-14)11(16)18-4-2/h3-7H2,1-2H3. The van der Waals surface area contributed by atoms with Crippen molar-refractivity contribution in [2.24, 2.45) is 0 Å². The van der Waals surface area contributed by atoms with Gasteiger partial charge >= 0.3 is 11.9 Å². The molecular weight excluding hydrogens is 238 g/mol. The molecule has 0 aliphatic rings. The zero-order valence-electron chi connectivity index (χ0n) is 10.5. The highest BCUT2D eigenvalue weighted by Gasteiger charge is 2.12. The fourth-order valence-electron chi connectivity index (χ4n) is 1.25. The molecule has 7 nitrogen and oxygen atoms in total. The third-order valence-corrected chi connectivity index (χ3v) is 2.00. The van der Waals surface area contributed by atoms with Gasteiger partial charge in [-0.05, 0) is 20.3 Å². The van der Waals surface area contributed by atoms with E-state index in [-0.39, 0.29) is 18.3 Å². The Morgan fingerprint density at radius 1 is 1.28 bits per heavy atom. The Bertz CT molecular complexity index is 403. The van der Waals surface area contributed by atoms with Crippen LogP contribution in [0, 0.1) is 6.20 Å². The number of rotatable bonds is 7. The molecule has 0 aliphatic carbocycles. The van der Waals surface area contributed by atoms with Crippen molar-refractivity contribution in [2.45, 2.75) is 33.2 Å². The van der Waals surface area contributed by atoms with Gasteiger partial charge in [0.25, 0.3) is 0 Å². The maximum atomic E-state index is 11.3. The van der Waals surface area contributed by atoms with Crippen LogP contribution >= 0.6 is 0 Å². The lowest BCUT2D eigenvalue weighted by molar-refractivity contribution is -0.143. The first-order valence-corrected chi connectivity index (χ1v) is 5.83. The molecule has 18 heavy (non-hydrogen) atoms. The molecule has 7 heteroatoms. The molecule has 1 aromatic heterocycles. The Kier molecular flexibility index (Phi) is 5.83. The lowest BCUT2D eigenvalue weighted by Crippen LogP contribution is -2.10. The van der Waals surface area contributed by atoms with Gasteiger partial charge in [-0.3, -0.25) is 4.79 Å². The van der Waals surface area contributed by atoms with Gasteiger partial charge < -0.3 is 9.47 Å². The maximum Gasteiger partial charge on any atom is 0.361 e. The summed E-state index contributed by atoms with van der Waals surface area (Å²) in [4.78, 5) is 23.7. The highest BCUT2D eigenvalue weighted by atomic mass is 16.5. The van der Waals surface area contributed by atoms with Crippen molar-refractivity contribution in [1.82, 2.24) is 15.0 Å². The van der Waals surface area contributed by atoms with E-state index in [0.717, 1.165) is 0 Å². The van der Waals surface area contributed by atoms with Gasteiger partial charge in [-0.15, -0.1) is 5.10 Å². The van der Waals surface area contributed by atoms with Crippen molar-refractivity contribution in [3.63, 3.8) is 0 Å². The number of aromatic nitrogens is 3. The van der Waals surface area contributed by atoms with Gasteiger partial charge in [-0.25, -0.2) is 4.79 Å². The molecule has 0 saturated carbocycles. The average Bonchev–Trinajstić information content (AvgIpc) is 2.78. The van der Waals surface area contributed by atoms with Gasteiger partial charge in [-0.1, -0.05) is 0 Å². The Morgan fingerprint density at radius 3 is 2.67 bits per heavy atom. The average molecular weight is 254 g/mol. The Morgan fingerprint density at radius 2 is 2.00 bits per heavy atom. The predicted molar refractivity (Wildman–Crippen MR) is 60.7 cm³/mol. The molecule has 0 saturated heterocycles. The summed E-state index contributed by atoms with van der Waals surface area (Å²) >= 11 is 0. The molecule has 0 spiro atoms. The Hall–Kier alpha value is -1.92. The summed E-state index contributed by atoms with van der Waals surface area (Å²) in [5.74, 6) is -0.798. The molecular formula is C11H16N3O4. The number of carbonyl (C=O) groups excluding carboxylic acids is 2. The smallest absolute Gasteiger partial charge is 0.361 e. The highest BCUT2D eigenvalue weighted by Crippen LogP contribution is 1.98. The third kappa shape index (κ3) is 4.52. The van der Waals surface area contributed by atoms with Crippen molar-refractivity contribution in [3.8, 4) is 0 Å². The van der Waals surface area contributed by atoms with Gasteiger partial charge in [0, 0.05) is 6.42 Å². The van der Waals surface area contributed by atoms with Crippen molar-refractivity contribution in [2.75, 3.05) is 13.2 Å². The first-order valence-electron chi connectivity index (χ1n) is 5.83. The molecule has 0 N–H and O–H groups in total. The van der Waals surface area contributed by atoms with Crippen LogP contribution in [0.15, 0.2) is 0 Å². The van der Waals surface area contributed by atoms with Crippen LogP contribution in [0.25, 0.3) is 0 Å². The van der Waals surface area contributed by atoms with Crippen molar-refractivity contribution >= 4 is 11.9 Å². The van der Waals surface area contributed by atoms with Crippen LogP contribution in [0.2, 0.25) is 0 Å². The molecule has 1 rings (SSSR count). The Labute approximate surface area is 105 Å². The number of ether oxygens (including phenoxy) is 2. The number of aryl methyl sites for hydroxylation is 1. The third-order valence-electron chi connectivity index (χ3n) is 2.00. The number of esters is 2. The first-order chi connectivity index (χ1) is 8.67. The Balaban J connectivity index is 2.35. The summed E-state index contributed by atoms with van der Waals surface area (Å²) in [5, 5.41) is 7.68. The topological polar surface area (TPSA) is 83.3 Å². The SMILES string of the molecule is CCOC(=O)CCCn1n[c]c(C(=O)OCC)n1. The second kappa shape index (κ2) is 7.41. The van der Waals surface area contributed by atoms with Gasteiger partial charge in [0.1, 0.15) is 0 Å². The fourth-order valence-corrected chi connectivity index (χ4v) is 1.25. The number of hydrogen-bond donors (Lipinski definition) is 0. The summed E-state index contributed by atoms with van der Waals surface area (Å²) in [7, 11) is 0. The predicted octanol–water partition coefficient (Wildman–Crippen LogP) is 0.598. The van der Waals surface area contributed by atoms with Gasteiger partial charge in [0.05, 0.1) is 19.8 Å². The summed E-state index contributed by atoms with van der Waals surface area (Å²) in [5.41, 5.74) is 0.0491. The van der Waals surface area contributed by atoms with Crippen LogP contribution in [0.5, 0.6) is 0 Å². The first kappa shape index (κ1) is 14.1. The van der Waals surface area contributed by atoms with Gasteiger partial charge in [0.15, 0.2) is 11.9 Å². The van der Waals surface area contributed by atoms with Gasteiger partial charge in [-0.2, -0.15) is 9.90 Å². The van der Waals surface area contributed by atoms with E-state index in [2.05, 4.69) is 16.4 Å². The minimum atomic E-state index is -0.547. The lowest BCUT2D eigenvalue weighted by Gasteiger charge is -2.01. The monoisotopic (exact) mass is 254 g/mol. The molecule has 0 fully saturated rings. The summed E-state index contributed by atoms with van der Waals surface area (Å²) in [6.45, 7) is 4.55. The van der Waals surface area contributed by atoms with Crippen molar-refractivity contribution < 1.29 is 19.1 Å². The van der Waals surface area contributed by atoms with Crippen LogP contribution in [-0.2, 0) is 20.8 Å². The normalized spacial score (nSPS) is 10.1. The van der Waals surface area contributed by atoms with E-state index in [9.17, 15) is 9.59 Å². The van der Waals surface area contributed by atoms with Crippen LogP contribution in [-0.4, -0.2) is 40.1 Å². The lowest BCUT2D eigenvalue weighted by atomic mass is 10.3. The van der Waals surface area contributed by atoms with Crippen molar-refractivity contribution in [3.05, 3.63) is 11.9 Å². The quantitative estimate of drug-likeness (QED) is 0.662. The maximum absolute atomic E-state index is 11.3. The molecule has 0 aliphatic heterocycles. The van der Waals surface area contributed by atoms with Crippen LogP contribution < -0.4 is 0 Å².